The maximum Gasteiger partial charge on any atom is 0.130 e. The predicted molar refractivity (Wildman–Crippen MR) is 67.7 cm³/mol. The average molecular weight is 230 g/mol. The number of hydrogen-bond donors (Lipinski definition) is 1. The first kappa shape index (κ1) is 11.9. The minimum absolute atomic E-state index is 0.191. The summed E-state index contributed by atoms with van der Waals surface area (Å²) in [5.74, 6) is 1.44. The van der Waals surface area contributed by atoms with E-state index in [-0.39, 0.29) is 6.04 Å². The molecule has 1 saturated heterocycles. The smallest absolute Gasteiger partial charge is 0.130 e. The molecule has 0 aliphatic carbocycles. The number of aryl methyl sites for hydroxylation is 1. The van der Waals surface area contributed by atoms with Crippen LogP contribution in [0.25, 0.3) is 0 Å². The van der Waals surface area contributed by atoms with Crippen LogP contribution in [0.3, 0.4) is 0 Å². The van der Waals surface area contributed by atoms with Crippen LogP contribution in [-0.4, -0.2) is 24.1 Å². The molecule has 0 bridgehead atoms. The first-order valence-electron chi connectivity index (χ1n) is 5.99. The summed E-state index contributed by atoms with van der Waals surface area (Å²) < 4.78 is 0. The Bertz CT molecular complexity index is 449. The van der Waals surface area contributed by atoms with Gasteiger partial charge in [-0.3, -0.25) is 0 Å². The quantitative estimate of drug-likeness (QED) is 0.792. The summed E-state index contributed by atoms with van der Waals surface area (Å²) in [5.41, 5.74) is 7.63. The number of piperidine rings is 1. The van der Waals surface area contributed by atoms with Crippen molar-refractivity contribution in [3.63, 3.8) is 0 Å². The van der Waals surface area contributed by atoms with E-state index in [2.05, 4.69) is 22.9 Å². The molecular formula is C13H18N4. The third-order valence-corrected chi connectivity index (χ3v) is 3.41. The third-order valence-electron chi connectivity index (χ3n) is 3.41. The first-order valence-corrected chi connectivity index (χ1v) is 5.99. The van der Waals surface area contributed by atoms with Crippen LogP contribution in [-0.2, 0) is 0 Å². The van der Waals surface area contributed by atoms with Crippen molar-refractivity contribution in [2.75, 3.05) is 18.0 Å². The fourth-order valence-corrected chi connectivity index (χ4v) is 2.18. The number of aromatic nitrogens is 1. The van der Waals surface area contributed by atoms with Crippen LogP contribution in [0, 0.1) is 24.2 Å². The summed E-state index contributed by atoms with van der Waals surface area (Å²) in [6.45, 7) is 5.89. The van der Waals surface area contributed by atoms with Crippen molar-refractivity contribution in [2.24, 2.45) is 11.7 Å². The Morgan fingerprint density at radius 3 is 2.94 bits per heavy atom. The van der Waals surface area contributed by atoms with Crippen LogP contribution in [0.4, 0.5) is 5.82 Å². The van der Waals surface area contributed by atoms with Gasteiger partial charge in [-0.2, -0.15) is 5.26 Å². The molecule has 4 heteroatoms. The minimum Gasteiger partial charge on any atom is -0.355 e. The van der Waals surface area contributed by atoms with Gasteiger partial charge in [0.25, 0.3) is 0 Å². The van der Waals surface area contributed by atoms with Crippen molar-refractivity contribution in [2.45, 2.75) is 26.3 Å². The van der Waals surface area contributed by atoms with E-state index in [0.717, 1.165) is 31.0 Å². The molecule has 1 fully saturated rings. The second-order valence-electron chi connectivity index (χ2n) is 4.84. The molecule has 2 unspecified atom stereocenters. The summed E-state index contributed by atoms with van der Waals surface area (Å²) in [4.78, 5) is 6.66. The Labute approximate surface area is 102 Å². The van der Waals surface area contributed by atoms with Gasteiger partial charge in [-0.25, -0.2) is 4.98 Å². The zero-order chi connectivity index (χ0) is 12.4. The predicted octanol–water partition coefficient (Wildman–Crippen LogP) is 1.44. The monoisotopic (exact) mass is 230 g/mol. The van der Waals surface area contributed by atoms with Crippen molar-refractivity contribution in [3.05, 3.63) is 23.4 Å². The number of nitriles is 1. The van der Waals surface area contributed by atoms with Gasteiger partial charge in [-0.1, -0.05) is 6.92 Å². The number of nitrogens with two attached hydrogens (primary N) is 1. The van der Waals surface area contributed by atoms with E-state index in [9.17, 15) is 0 Å². The highest BCUT2D eigenvalue weighted by Gasteiger charge is 2.24. The molecule has 90 valence electrons. The van der Waals surface area contributed by atoms with Crippen LogP contribution in [0.5, 0.6) is 0 Å². The minimum atomic E-state index is 0.191. The molecular weight excluding hydrogens is 212 g/mol. The Hall–Kier alpha value is -1.60. The zero-order valence-electron chi connectivity index (χ0n) is 10.3. The fourth-order valence-electron chi connectivity index (χ4n) is 2.18. The highest BCUT2D eigenvalue weighted by atomic mass is 15.2. The second-order valence-corrected chi connectivity index (χ2v) is 4.84. The lowest BCUT2D eigenvalue weighted by atomic mass is 9.94. The maximum absolute atomic E-state index is 8.96. The van der Waals surface area contributed by atoms with Crippen molar-refractivity contribution in [1.82, 2.24) is 4.98 Å². The Morgan fingerprint density at radius 1 is 1.53 bits per heavy atom. The van der Waals surface area contributed by atoms with E-state index in [1.54, 1.807) is 6.07 Å². The maximum atomic E-state index is 8.96. The van der Waals surface area contributed by atoms with Crippen molar-refractivity contribution >= 4 is 5.82 Å². The van der Waals surface area contributed by atoms with Gasteiger partial charge in [-0.15, -0.1) is 0 Å². The lowest BCUT2D eigenvalue weighted by Gasteiger charge is -2.35. The van der Waals surface area contributed by atoms with E-state index in [4.69, 9.17) is 11.0 Å². The molecule has 2 heterocycles. The highest BCUT2D eigenvalue weighted by Crippen LogP contribution is 2.22. The Morgan fingerprint density at radius 2 is 2.29 bits per heavy atom. The largest absolute Gasteiger partial charge is 0.355 e. The van der Waals surface area contributed by atoms with E-state index < -0.39 is 0 Å². The number of hydrogen-bond acceptors (Lipinski definition) is 4. The molecule has 4 nitrogen and oxygen atoms in total. The van der Waals surface area contributed by atoms with Crippen LogP contribution in [0.15, 0.2) is 12.1 Å². The topological polar surface area (TPSA) is 65.9 Å². The molecule has 2 rings (SSSR count). The van der Waals surface area contributed by atoms with E-state index in [0.29, 0.717) is 11.5 Å². The van der Waals surface area contributed by atoms with Gasteiger partial charge in [0, 0.05) is 24.8 Å². The van der Waals surface area contributed by atoms with Crippen LogP contribution in [0.2, 0.25) is 0 Å². The van der Waals surface area contributed by atoms with Crippen molar-refractivity contribution in [1.29, 1.82) is 5.26 Å². The normalized spacial score (nSPS) is 24.5. The van der Waals surface area contributed by atoms with Gasteiger partial charge < -0.3 is 10.6 Å². The lowest BCUT2D eigenvalue weighted by Crippen LogP contribution is -2.47. The molecule has 0 amide bonds. The molecule has 1 aromatic rings. The summed E-state index contributed by atoms with van der Waals surface area (Å²) >= 11 is 0. The van der Waals surface area contributed by atoms with Gasteiger partial charge in [0.2, 0.25) is 0 Å². The summed E-state index contributed by atoms with van der Waals surface area (Å²) in [7, 11) is 0. The lowest BCUT2D eigenvalue weighted by molar-refractivity contribution is 0.378. The van der Waals surface area contributed by atoms with Crippen molar-refractivity contribution in [3.8, 4) is 6.07 Å². The van der Waals surface area contributed by atoms with Crippen molar-refractivity contribution < 1.29 is 0 Å². The van der Waals surface area contributed by atoms with Crippen LogP contribution in [0.1, 0.15) is 24.6 Å². The van der Waals surface area contributed by atoms with Crippen LogP contribution >= 0.6 is 0 Å². The molecule has 0 aromatic carbocycles. The highest BCUT2D eigenvalue weighted by molar-refractivity contribution is 5.47. The summed E-state index contributed by atoms with van der Waals surface area (Å²) in [5, 5.41) is 8.96. The molecule has 2 N–H and O–H groups in total. The van der Waals surface area contributed by atoms with Gasteiger partial charge in [0.1, 0.15) is 5.82 Å². The van der Waals surface area contributed by atoms with Gasteiger partial charge >= 0.3 is 0 Å². The first-order chi connectivity index (χ1) is 8.10. The summed E-state index contributed by atoms with van der Waals surface area (Å²) in [6, 6.07) is 6.01. The van der Waals surface area contributed by atoms with Gasteiger partial charge in [-0.05, 0) is 31.4 Å². The number of rotatable bonds is 1. The number of anilines is 1. The molecule has 2 atom stereocenters. The molecule has 17 heavy (non-hydrogen) atoms. The second kappa shape index (κ2) is 4.72. The molecule has 1 aromatic heterocycles. The molecule has 1 aliphatic heterocycles. The zero-order valence-corrected chi connectivity index (χ0v) is 10.3. The van der Waals surface area contributed by atoms with E-state index in [1.807, 2.05) is 13.0 Å². The standard InChI is InChI=1S/C13H18N4/c1-9-3-4-17(8-12(9)15)13-6-11(7-14)5-10(2)16-13/h5-6,9,12H,3-4,8,15H2,1-2H3. The molecule has 1 aliphatic rings. The van der Waals surface area contributed by atoms with Crippen LogP contribution < -0.4 is 10.6 Å². The molecule has 0 spiro atoms. The number of pyridine rings is 1. The SMILES string of the molecule is Cc1cc(C#N)cc(N2CCC(C)C(N)C2)n1. The molecule has 0 saturated carbocycles. The Kier molecular flexibility index (Phi) is 3.30. The van der Waals surface area contributed by atoms with Gasteiger partial charge in [0.05, 0.1) is 11.6 Å². The molecule has 0 radical (unpaired) electrons. The number of nitrogens with zero attached hydrogens (tertiary/aromatic N) is 3. The average Bonchev–Trinajstić information content (AvgIpc) is 2.32. The van der Waals surface area contributed by atoms with Gasteiger partial charge in [0.15, 0.2) is 0 Å². The van der Waals surface area contributed by atoms with E-state index in [1.165, 1.54) is 0 Å². The summed E-state index contributed by atoms with van der Waals surface area (Å²) in [6.07, 6.45) is 1.08. The third kappa shape index (κ3) is 2.56. The Balaban J connectivity index is 2.23. The van der Waals surface area contributed by atoms with E-state index >= 15 is 0 Å². The fraction of sp³-hybridized carbons (Fsp3) is 0.538.